The number of hydrogen-bond acceptors (Lipinski definition) is 10. The number of aromatic nitrogens is 1. The van der Waals surface area contributed by atoms with Crippen LogP contribution in [-0.2, 0) is 22.7 Å². The number of aliphatic hydroxyl groups excluding tert-OH is 1. The Bertz CT molecular complexity index is 1910. The first-order chi connectivity index (χ1) is 26.1. The number of para-hydroxylation sites is 1. The molecule has 0 aliphatic heterocycles. The van der Waals surface area contributed by atoms with Crippen molar-refractivity contribution in [3.63, 3.8) is 0 Å². The van der Waals surface area contributed by atoms with Gasteiger partial charge in [0.1, 0.15) is 36.7 Å². The van der Waals surface area contributed by atoms with Gasteiger partial charge >= 0.3 is 0 Å². The normalized spacial score (nSPS) is 11.7. The molecule has 2 N–H and O–H groups in total. The average molecular weight is 734 g/mol. The first-order valence-corrected chi connectivity index (χ1v) is 18.7. The Kier molecular flexibility index (Phi) is 14.5. The van der Waals surface area contributed by atoms with E-state index in [2.05, 4.69) is 53.7 Å². The maximum absolute atomic E-state index is 10.5. The number of fused-ring (bicyclic) bond motifs is 1. The third-order valence-electron chi connectivity index (χ3n) is 8.43. The van der Waals surface area contributed by atoms with Crippen molar-refractivity contribution in [2.75, 3.05) is 64.6 Å². The summed E-state index contributed by atoms with van der Waals surface area (Å²) in [5.74, 6) is 1.79. The molecule has 6 aromatic rings. The number of nitrogens with one attached hydrogen (secondary N) is 1. The maximum atomic E-state index is 10.5. The summed E-state index contributed by atoms with van der Waals surface area (Å²) in [6.07, 6.45) is -0.693. The fraction of sp³-hybridized carbons (Fsp3) is 0.279. The van der Waals surface area contributed by atoms with Crippen LogP contribution in [0.3, 0.4) is 0 Å². The van der Waals surface area contributed by atoms with E-state index < -0.39 is 6.10 Å². The van der Waals surface area contributed by atoms with E-state index in [0.29, 0.717) is 70.0 Å². The van der Waals surface area contributed by atoms with Crippen LogP contribution < -0.4 is 24.4 Å². The number of aliphatic hydroxyl groups is 1. The molecule has 0 spiro atoms. The Morgan fingerprint density at radius 1 is 0.698 bits per heavy atom. The molecule has 1 atom stereocenters. The highest BCUT2D eigenvalue weighted by Gasteiger charge is 2.12. The van der Waals surface area contributed by atoms with Crippen LogP contribution in [0.5, 0.6) is 17.2 Å². The Balaban J connectivity index is 0.825. The molecule has 0 saturated carbocycles. The average Bonchev–Trinajstić information content (AvgIpc) is 3.65. The predicted molar refractivity (Wildman–Crippen MR) is 212 cm³/mol. The van der Waals surface area contributed by atoms with E-state index in [1.807, 2.05) is 84.9 Å². The van der Waals surface area contributed by atoms with Gasteiger partial charge in [0, 0.05) is 44.0 Å². The Hall–Kier alpha value is -4.97. The van der Waals surface area contributed by atoms with Crippen molar-refractivity contribution in [2.24, 2.45) is 0 Å². The van der Waals surface area contributed by atoms with Gasteiger partial charge in [-0.25, -0.2) is 4.98 Å². The summed E-state index contributed by atoms with van der Waals surface area (Å²) in [5, 5.41) is 14.8. The number of ether oxygens (including phenoxy) is 5. The Morgan fingerprint density at radius 3 is 2.08 bits per heavy atom. The molecule has 0 radical (unpaired) electrons. The SMILES string of the molecule is CN(CCOCCOCCNC[C@@H](O)COc1ccc(OCc2ccccc2)c(OCc2ccccc2)c1)c1ccc(-c2nc3ccccc3s2)cc1. The van der Waals surface area contributed by atoms with Crippen LogP contribution in [0.1, 0.15) is 11.1 Å². The lowest BCUT2D eigenvalue weighted by Gasteiger charge is -2.19. The zero-order valence-electron chi connectivity index (χ0n) is 30.1. The first-order valence-electron chi connectivity index (χ1n) is 17.9. The van der Waals surface area contributed by atoms with Crippen molar-refractivity contribution in [1.29, 1.82) is 0 Å². The second kappa shape index (κ2) is 20.3. The smallest absolute Gasteiger partial charge is 0.165 e. The van der Waals surface area contributed by atoms with Crippen molar-refractivity contribution in [2.45, 2.75) is 19.3 Å². The molecule has 10 heteroatoms. The minimum Gasteiger partial charge on any atom is -0.491 e. The monoisotopic (exact) mass is 733 g/mol. The minimum absolute atomic E-state index is 0.131. The summed E-state index contributed by atoms with van der Waals surface area (Å²) < 4.78 is 30.8. The molecule has 1 heterocycles. The number of anilines is 1. The van der Waals surface area contributed by atoms with Gasteiger partial charge in [-0.3, -0.25) is 0 Å². The molecule has 0 aliphatic rings. The van der Waals surface area contributed by atoms with Crippen LogP contribution in [-0.4, -0.2) is 75.9 Å². The van der Waals surface area contributed by atoms with Gasteiger partial charge in [-0.2, -0.15) is 0 Å². The molecule has 0 unspecified atom stereocenters. The zero-order chi connectivity index (χ0) is 36.5. The summed E-state index contributed by atoms with van der Waals surface area (Å²) in [6.45, 7) is 4.86. The number of nitrogens with zero attached hydrogens (tertiary/aromatic N) is 2. The van der Waals surface area contributed by atoms with Gasteiger partial charge in [-0.05, 0) is 59.7 Å². The Labute approximate surface area is 315 Å². The van der Waals surface area contributed by atoms with Crippen LogP contribution in [0, 0.1) is 0 Å². The summed E-state index contributed by atoms with van der Waals surface area (Å²) >= 11 is 1.71. The third-order valence-corrected chi connectivity index (χ3v) is 9.51. The van der Waals surface area contributed by atoms with Crippen molar-refractivity contribution >= 4 is 27.2 Å². The van der Waals surface area contributed by atoms with Crippen LogP contribution in [0.4, 0.5) is 5.69 Å². The topological polar surface area (TPSA) is 94.5 Å². The lowest BCUT2D eigenvalue weighted by atomic mass is 10.2. The number of thiazole rings is 1. The maximum Gasteiger partial charge on any atom is 0.165 e. The summed E-state index contributed by atoms with van der Waals surface area (Å²) in [4.78, 5) is 6.94. The molecule has 1 aromatic heterocycles. The van der Waals surface area contributed by atoms with Crippen LogP contribution >= 0.6 is 11.3 Å². The van der Waals surface area contributed by atoms with Gasteiger partial charge in [-0.15, -0.1) is 11.3 Å². The molecule has 0 bridgehead atoms. The highest BCUT2D eigenvalue weighted by molar-refractivity contribution is 7.21. The summed E-state index contributed by atoms with van der Waals surface area (Å²) in [5.41, 5.74) is 5.41. The molecule has 0 fully saturated rings. The van der Waals surface area contributed by atoms with E-state index in [0.717, 1.165) is 39.4 Å². The van der Waals surface area contributed by atoms with Crippen LogP contribution in [0.15, 0.2) is 127 Å². The number of likely N-dealkylation sites (N-methyl/N-ethyl adjacent to an activating group) is 1. The highest BCUT2D eigenvalue weighted by Crippen LogP contribution is 2.33. The van der Waals surface area contributed by atoms with Crippen molar-refractivity contribution in [3.8, 4) is 27.8 Å². The largest absolute Gasteiger partial charge is 0.491 e. The fourth-order valence-corrected chi connectivity index (χ4v) is 6.42. The molecule has 5 aromatic carbocycles. The quantitative estimate of drug-likeness (QED) is 0.0684. The van der Waals surface area contributed by atoms with E-state index in [9.17, 15) is 5.11 Å². The number of benzene rings is 5. The molecule has 0 saturated heterocycles. The molecular formula is C43H47N3O6S. The molecule has 276 valence electrons. The zero-order valence-corrected chi connectivity index (χ0v) is 30.9. The van der Waals surface area contributed by atoms with E-state index in [-0.39, 0.29) is 6.61 Å². The van der Waals surface area contributed by atoms with E-state index >= 15 is 0 Å². The fourth-order valence-electron chi connectivity index (χ4n) is 5.45. The van der Waals surface area contributed by atoms with Crippen molar-refractivity contribution in [1.82, 2.24) is 10.3 Å². The number of rotatable bonds is 22. The molecule has 0 aliphatic carbocycles. The van der Waals surface area contributed by atoms with Gasteiger partial charge in [0.05, 0.1) is 36.6 Å². The van der Waals surface area contributed by atoms with Gasteiger partial charge in [0.2, 0.25) is 0 Å². The lowest BCUT2D eigenvalue weighted by Crippen LogP contribution is -2.33. The van der Waals surface area contributed by atoms with Gasteiger partial charge in [0.25, 0.3) is 0 Å². The van der Waals surface area contributed by atoms with E-state index in [1.165, 1.54) is 4.70 Å². The molecule has 6 rings (SSSR count). The molecular weight excluding hydrogens is 687 g/mol. The van der Waals surface area contributed by atoms with Crippen molar-refractivity contribution < 1.29 is 28.8 Å². The second-order valence-corrected chi connectivity index (χ2v) is 13.5. The van der Waals surface area contributed by atoms with Gasteiger partial charge < -0.3 is 39.0 Å². The van der Waals surface area contributed by atoms with Crippen LogP contribution in [0.2, 0.25) is 0 Å². The van der Waals surface area contributed by atoms with Gasteiger partial charge in [-0.1, -0.05) is 72.8 Å². The molecule has 0 amide bonds. The second-order valence-electron chi connectivity index (χ2n) is 12.5. The highest BCUT2D eigenvalue weighted by atomic mass is 32.1. The standard InChI is InChI=1S/C43H47N3O6S/c1-46(36-18-16-35(17-19-36)43-45-39-14-8-9-15-42(39)53-43)23-25-49-27-26-48-24-22-44-29-37(47)32-50-38-20-21-40(51-30-33-10-4-2-5-11-33)41(28-38)52-31-34-12-6-3-7-13-34/h2-21,28,37,44,47H,22-27,29-32H2,1H3/t37-/m1/s1. The van der Waals surface area contributed by atoms with Crippen LogP contribution in [0.25, 0.3) is 20.8 Å². The summed E-state index contributed by atoms with van der Waals surface area (Å²) in [7, 11) is 2.06. The molecule has 53 heavy (non-hydrogen) atoms. The lowest BCUT2D eigenvalue weighted by molar-refractivity contribution is 0.0496. The number of hydrogen-bond donors (Lipinski definition) is 2. The predicted octanol–water partition coefficient (Wildman–Crippen LogP) is 7.62. The summed E-state index contributed by atoms with van der Waals surface area (Å²) in [6, 6.07) is 42.2. The molecule has 9 nitrogen and oxygen atoms in total. The minimum atomic E-state index is -0.693. The third kappa shape index (κ3) is 12.0. The first kappa shape index (κ1) is 37.8. The Morgan fingerprint density at radius 2 is 1.36 bits per heavy atom. The van der Waals surface area contributed by atoms with Crippen molar-refractivity contribution in [3.05, 3.63) is 139 Å². The van der Waals surface area contributed by atoms with Gasteiger partial charge in [0.15, 0.2) is 11.5 Å². The van der Waals surface area contributed by atoms with E-state index in [1.54, 1.807) is 17.4 Å². The van der Waals surface area contributed by atoms with E-state index in [4.69, 9.17) is 28.7 Å².